The van der Waals surface area contributed by atoms with Crippen LogP contribution in [0, 0.1) is 0 Å². The number of hydrogen-bond donors (Lipinski definition) is 1. The van der Waals surface area contributed by atoms with E-state index in [0.717, 1.165) is 38.9 Å². The minimum Gasteiger partial charge on any atom is -0.382 e. The molecule has 1 N–H and O–H groups in total. The lowest BCUT2D eigenvalue weighted by Gasteiger charge is -2.35. The Kier molecular flexibility index (Phi) is 3.82. The van der Waals surface area contributed by atoms with Gasteiger partial charge in [0, 0.05) is 34.8 Å². The quantitative estimate of drug-likeness (QED) is 0.889. The van der Waals surface area contributed by atoms with Gasteiger partial charge in [0.25, 0.3) is 0 Å². The van der Waals surface area contributed by atoms with Crippen LogP contribution in [0.2, 0.25) is 0 Å². The third-order valence-electron chi connectivity index (χ3n) is 4.27. The molecule has 1 spiro atoms. The van der Waals surface area contributed by atoms with Crippen molar-refractivity contribution in [2.75, 3.05) is 18.5 Å². The number of ether oxygens (including phenoxy) is 2. The molecule has 0 atom stereocenters. The molecule has 1 saturated carbocycles. The van der Waals surface area contributed by atoms with E-state index in [4.69, 9.17) is 9.47 Å². The molecular weight excluding hydrogens is 270 g/mol. The molecule has 2 heterocycles. The predicted octanol–water partition coefficient (Wildman–Crippen LogP) is 4.14. The highest BCUT2D eigenvalue weighted by molar-refractivity contribution is 7.10. The smallest absolute Gasteiger partial charge is 0.168 e. The first-order chi connectivity index (χ1) is 9.47. The third kappa shape index (κ3) is 3.02. The van der Waals surface area contributed by atoms with Crippen LogP contribution >= 0.6 is 11.3 Å². The summed E-state index contributed by atoms with van der Waals surface area (Å²) in [6.07, 6.45) is 4.28. The Labute approximate surface area is 125 Å². The minimum atomic E-state index is -0.247. The molecule has 3 nitrogen and oxygen atoms in total. The molecule has 4 heteroatoms. The van der Waals surface area contributed by atoms with Crippen LogP contribution in [0.3, 0.4) is 0 Å². The molecule has 20 heavy (non-hydrogen) atoms. The van der Waals surface area contributed by atoms with Crippen molar-refractivity contribution in [3.05, 3.63) is 16.3 Å². The first-order valence-corrected chi connectivity index (χ1v) is 8.48. The van der Waals surface area contributed by atoms with Crippen LogP contribution in [-0.4, -0.2) is 25.0 Å². The fourth-order valence-corrected chi connectivity index (χ4v) is 3.97. The maximum Gasteiger partial charge on any atom is 0.168 e. The van der Waals surface area contributed by atoms with E-state index in [0.29, 0.717) is 6.04 Å². The molecule has 2 fully saturated rings. The summed E-state index contributed by atoms with van der Waals surface area (Å²) in [7, 11) is 0. The van der Waals surface area contributed by atoms with Gasteiger partial charge in [-0.05, 0) is 24.3 Å². The highest BCUT2D eigenvalue weighted by Gasteiger charge is 2.40. The zero-order valence-corrected chi connectivity index (χ0v) is 13.5. The summed E-state index contributed by atoms with van der Waals surface area (Å²) in [5, 5.41) is 5.92. The predicted molar refractivity (Wildman–Crippen MR) is 83.5 cm³/mol. The summed E-state index contributed by atoms with van der Waals surface area (Å²) < 4.78 is 11.6. The van der Waals surface area contributed by atoms with Crippen molar-refractivity contribution in [3.8, 4) is 0 Å². The number of hydrogen-bond acceptors (Lipinski definition) is 4. The van der Waals surface area contributed by atoms with Crippen LogP contribution < -0.4 is 5.32 Å². The second-order valence-electron chi connectivity index (χ2n) is 6.98. The standard InChI is InChI=1S/C16H25NO2S/c1-15(2,3)14-10-13(11-20-14)17-12-4-6-16(7-5-12)18-8-9-19-16/h10-12,17H,4-9H2,1-3H3. The summed E-state index contributed by atoms with van der Waals surface area (Å²) in [4.78, 5) is 1.44. The molecule has 1 aliphatic carbocycles. The summed E-state index contributed by atoms with van der Waals surface area (Å²) in [5.41, 5.74) is 1.52. The zero-order chi connectivity index (χ0) is 14.2. The summed E-state index contributed by atoms with van der Waals surface area (Å²) in [5.74, 6) is -0.247. The third-order valence-corrected chi connectivity index (χ3v) is 5.63. The van der Waals surface area contributed by atoms with Crippen molar-refractivity contribution < 1.29 is 9.47 Å². The van der Waals surface area contributed by atoms with Gasteiger partial charge in [0.1, 0.15) is 0 Å². The van der Waals surface area contributed by atoms with Crippen LogP contribution in [0.1, 0.15) is 51.3 Å². The second-order valence-corrected chi connectivity index (χ2v) is 7.89. The lowest BCUT2D eigenvalue weighted by atomic mass is 9.90. The molecule has 1 aliphatic heterocycles. The fraction of sp³-hybridized carbons (Fsp3) is 0.750. The molecule has 0 bridgehead atoms. The van der Waals surface area contributed by atoms with Gasteiger partial charge in [-0.1, -0.05) is 20.8 Å². The zero-order valence-electron chi connectivity index (χ0n) is 12.7. The van der Waals surface area contributed by atoms with E-state index in [1.54, 1.807) is 0 Å². The average molecular weight is 295 g/mol. The molecule has 1 aromatic heterocycles. The number of rotatable bonds is 2. The molecular formula is C16H25NO2S. The Bertz CT molecular complexity index is 447. The monoisotopic (exact) mass is 295 g/mol. The average Bonchev–Trinajstić information content (AvgIpc) is 3.01. The Morgan fingerprint density at radius 1 is 1.20 bits per heavy atom. The van der Waals surface area contributed by atoms with E-state index < -0.39 is 0 Å². The van der Waals surface area contributed by atoms with Gasteiger partial charge < -0.3 is 14.8 Å². The van der Waals surface area contributed by atoms with Crippen molar-refractivity contribution in [3.63, 3.8) is 0 Å². The van der Waals surface area contributed by atoms with E-state index in [1.807, 2.05) is 11.3 Å². The van der Waals surface area contributed by atoms with Gasteiger partial charge in [-0.25, -0.2) is 0 Å². The Morgan fingerprint density at radius 3 is 2.40 bits per heavy atom. The van der Waals surface area contributed by atoms with Gasteiger partial charge in [0.15, 0.2) is 5.79 Å². The Balaban J connectivity index is 1.56. The van der Waals surface area contributed by atoms with Crippen molar-refractivity contribution in [1.29, 1.82) is 0 Å². The molecule has 0 amide bonds. The van der Waals surface area contributed by atoms with Crippen LogP contribution in [-0.2, 0) is 14.9 Å². The van der Waals surface area contributed by atoms with Crippen molar-refractivity contribution in [2.45, 2.75) is 63.7 Å². The number of thiophene rings is 1. The van der Waals surface area contributed by atoms with Gasteiger partial charge in [-0.15, -0.1) is 11.3 Å². The van der Waals surface area contributed by atoms with Crippen LogP contribution in [0.4, 0.5) is 5.69 Å². The van der Waals surface area contributed by atoms with Gasteiger partial charge in [0.2, 0.25) is 0 Å². The fourth-order valence-electron chi connectivity index (χ4n) is 3.03. The lowest BCUT2D eigenvalue weighted by Crippen LogP contribution is -2.39. The van der Waals surface area contributed by atoms with E-state index in [9.17, 15) is 0 Å². The van der Waals surface area contributed by atoms with Crippen LogP contribution in [0.5, 0.6) is 0 Å². The Hall–Kier alpha value is -0.580. The topological polar surface area (TPSA) is 30.5 Å². The summed E-state index contributed by atoms with van der Waals surface area (Å²) in [6.45, 7) is 8.32. The van der Waals surface area contributed by atoms with Gasteiger partial charge >= 0.3 is 0 Å². The molecule has 0 radical (unpaired) electrons. The molecule has 0 unspecified atom stereocenters. The molecule has 112 valence electrons. The van der Waals surface area contributed by atoms with Crippen molar-refractivity contribution in [2.24, 2.45) is 0 Å². The van der Waals surface area contributed by atoms with E-state index in [1.165, 1.54) is 10.6 Å². The number of nitrogens with one attached hydrogen (secondary N) is 1. The van der Waals surface area contributed by atoms with Gasteiger partial charge in [-0.3, -0.25) is 0 Å². The van der Waals surface area contributed by atoms with E-state index in [-0.39, 0.29) is 11.2 Å². The molecule has 0 aromatic carbocycles. The normalized spacial score (nSPS) is 23.4. The SMILES string of the molecule is CC(C)(C)c1cc(NC2CCC3(CC2)OCCO3)cs1. The number of anilines is 1. The van der Waals surface area contributed by atoms with E-state index >= 15 is 0 Å². The van der Waals surface area contributed by atoms with Crippen LogP contribution in [0.15, 0.2) is 11.4 Å². The summed E-state index contributed by atoms with van der Waals surface area (Å²) >= 11 is 1.85. The molecule has 3 rings (SSSR count). The largest absolute Gasteiger partial charge is 0.382 e. The molecule has 2 aliphatic rings. The highest BCUT2D eigenvalue weighted by atomic mass is 32.1. The highest BCUT2D eigenvalue weighted by Crippen LogP contribution is 2.37. The molecule has 1 saturated heterocycles. The second kappa shape index (κ2) is 5.32. The minimum absolute atomic E-state index is 0.243. The Morgan fingerprint density at radius 2 is 1.85 bits per heavy atom. The van der Waals surface area contributed by atoms with Crippen molar-refractivity contribution >= 4 is 17.0 Å². The summed E-state index contributed by atoms with van der Waals surface area (Å²) in [6, 6.07) is 2.85. The van der Waals surface area contributed by atoms with Crippen molar-refractivity contribution in [1.82, 2.24) is 0 Å². The maximum atomic E-state index is 5.78. The molecule has 1 aromatic rings. The van der Waals surface area contributed by atoms with Crippen LogP contribution in [0.25, 0.3) is 0 Å². The van der Waals surface area contributed by atoms with Gasteiger partial charge in [0.05, 0.1) is 13.2 Å². The van der Waals surface area contributed by atoms with Gasteiger partial charge in [-0.2, -0.15) is 0 Å². The first-order valence-electron chi connectivity index (χ1n) is 7.60. The lowest BCUT2D eigenvalue weighted by molar-refractivity contribution is -0.177. The maximum absolute atomic E-state index is 5.78. The first kappa shape index (κ1) is 14.4. The van der Waals surface area contributed by atoms with E-state index in [2.05, 4.69) is 37.5 Å².